The number of hydrogen-bond donors (Lipinski definition) is 5. The van der Waals surface area contributed by atoms with Crippen LogP contribution < -0.4 is 26.0 Å². The highest BCUT2D eigenvalue weighted by Crippen LogP contribution is 2.61. The third-order valence-electron chi connectivity index (χ3n) is 11.4. The normalized spacial score (nSPS) is 22.4. The minimum atomic E-state index is -1.03. The molecule has 53 heavy (non-hydrogen) atoms. The summed E-state index contributed by atoms with van der Waals surface area (Å²) >= 11 is 0. The quantitative estimate of drug-likeness (QED) is 0.144. The number of aromatic nitrogens is 3. The van der Waals surface area contributed by atoms with Crippen molar-refractivity contribution in [3.8, 4) is 39.8 Å². The number of H-pyrrole nitrogens is 1. The molecule has 2 amide bonds. The molecule has 1 spiro atoms. The highest BCUT2D eigenvalue weighted by atomic mass is 16.5. The zero-order chi connectivity index (χ0) is 36.3. The number of carbonyl (C=O) groups excluding carboxylic acids is 2. The number of rotatable bonds is 5. The fourth-order valence-corrected chi connectivity index (χ4v) is 8.89. The summed E-state index contributed by atoms with van der Waals surface area (Å²) in [5, 5.41) is 14.2. The van der Waals surface area contributed by atoms with Gasteiger partial charge in [0.2, 0.25) is 23.6 Å². The lowest BCUT2D eigenvalue weighted by atomic mass is 9.72. The molecule has 5 atom stereocenters. The van der Waals surface area contributed by atoms with Gasteiger partial charge in [-0.05, 0) is 42.1 Å². The number of ether oxygens (including phenoxy) is 1. The van der Waals surface area contributed by atoms with Crippen LogP contribution in [0.3, 0.4) is 0 Å². The zero-order valence-electron chi connectivity index (χ0n) is 30.0. The maximum absolute atomic E-state index is 14.3. The van der Waals surface area contributed by atoms with E-state index in [-0.39, 0.29) is 30.1 Å². The molecule has 0 radical (unpaired) electrons. The Kier molecular flexibility index (Phi) is 6.79. The Balaban J connectivity index is 1.26. The predicted molar refractivity (Wildman–Crippen MR) is 198 cm³/mol. The van der Waals surface area contributed by atoms with Crippen molar-refractivity contribution in [3.63, 3.8) is 0 Å². The van der Waals surface area contributed by atoms with Crippen LogP contribution in [0.2, 0.25) is 0 Å². The van der Waals surface area contributed by atoms with Gasteiger partial charge in [0.1, 0.15) is 23.2 Å². The van der Waals surface area contributed by atoms with Crippen LogP contribution in [0.4, 0.5) is 5.69 Å². The molecule has 0 saturated carbocycles. The number of nitrogens with one attached hydrogen (secondary N) is 5. The molecular weight excluding hydrogens is 670 g/mol. The second kappa shape index (κ2) is 11.3. The van der Waals surface area contributed by atoms with Gasteiger partial charge in [-0.1, -0.05) is 70.2 Å². The molecule has 10 rings (SSSR count). The van der Waals surface area contributed by atoms with Crippen LogP contribution in [0, 0.1) is 11.8 Å². The number of nitrogens with zero attached hydrogens (tertiary/aromatic N) is 2. The predicted octanol–water partition coefficient (Wildman–Crippen LogP) is 6.03. The summed E-state index contributed by atoms with van der Waals surface area (Å²) in [6, 6.07) is 16.5. The number of likely N-dealkylation sites (N-methyl/N-ethyl adjacent to an activating group) is 1. The fraction of sp³-hybridized carbons (Fsp3) is 0.317. The van der Waals surface area contributed by atoms with Crippen molar-refractivity contribution in [1.29, 1.82) is 0 Å². The van der Waals surface area contributed by atoms with Gasteiger partial charge in [0.25, 0.3) is 0 Å². The van der Waals surface area contributed by atoms with E-state index in [0.29, 0.717) is 34.7 Å². The number of hydrogen-bond acceptors (Lipinski definition) is 9. The van der Waals surface area contributed by atoms with E-state index >= 15 is 0 Å². The van der Waals surface area contributed by atoms with Crippen LogP contribution in [0.1, 0.15) is 62.1 Å². The first-order valence-corrected chi connectivity index (χ1v) is 18.2. The van der Waals surface area contributed by atoms with Crippen LogP contribution in [0.5, 0.6) is 5.75 Å². The molecular formula is C41H39N7O5. The Morgan fingerprint density at radius 3 is 2.62 bits per heavy atom. The summed E-state index contributed by atoms with van der Waals surface area (Å²) in [7, 11) is 1.75. The lowest BCUT2D eigenvalue weighted by Crippen LogP contribution is -2.55. The van der Waals surface area contributed by atoms with Crippen LogP contribution in [-0.2, 0) is 21.4 Å². The van der Waals surface area contributed by atoms with Gasteiger partial charge in [-0.2, -0.15) is 0 Å². The van der Waals surface area contributed by atoms with E-state index in [9.17, 15) is 9.59 Å². The molecule has 0 saturated heterocycles. The molecule has 3 unspecified atom stereocenters. The van der Waals surface area contributed by atoms with Crippen molar-refractivity contribution in [1.82, 2.24) is 30.9 Å². The highest BCUT2D eigenvalue weighted by Gasteiger charge is 2.61. The minimum absolute atomic E-state index is 0.0119. The summed E-state index contributed by atoms with van der Waals surface area (Å²) < 4.78 is 20.5. The molecule has 0 fully saturated rings. The molecule has 3 aromatic carbocycles. The first kappa shape index (κ1) is 31.8. The molecule has 4 aliphatic rings. The number of carbonyl (C=O) groups is 2. The number of fused-ring (bicyclic) bond motifs is 7. The first-order valence-electron chi connectivity index (χ1n) is 18.2. The lowest BCUT2D eigenvalue weighted by Gasteiger charge is -2.29. The SMILES string of the molecule is CNC(C(=O)N[C@H]1Cc2ccc3c(c2)C24c5cccc(c5NC2O3)-c2cccc3[nH]cc(c23)-c2cnc(o2)-c2nc(oc24)[C@H](C(C)C)NC1=O)C(C)C. The maximum Gasteiger partial charge on any atom is 0.249 e. The maximum atomic E-state index is 14.3. The Bertz CT molecular complexity index is 2490. The van der Waals surface area contributed by atoms with E-state index in [1.54, 1.807) is 13.2 Å². The van der Waals surface area contributed by atoms with Gasteiger partial charge in [0.15, 0.2) is 23.4 Å². The van der Waals surface area contributed by atoms with Gasteiger partial charge < -0.3 is 39.8 Å². The Morgan fingerprint density at radius 1 is 0.981 bits per heavy atom. The zero-order valence-corrected chi connectivity index (χ0v) is 30.0. The largest absolute Gasteiger partial charge is 0.469 e. The third-order valence-corrected chi connectivity index (χ3v) is 11.4. The molecule has 12 nitrogen and oxygen atoms in total. The molecule has 10 bridgehead atoms. The standard InChI is InChI=1S/C41H39N7O5/c1-18(2)31(42-5)37(50)45-27-15-20-12-13-28-25(14-20)41-24-10-6-9-22(33(24)48-40(41)52-28)21-8-7-11-26-30(21)23(16-43-26)29-17-44-38(51-29)34-35(41)53-39(47-34)32(19(3)4)46-36(27)49/h6-14,16-19,27,31-32,40,42-43,48H,15H2,1-5H3,(H,45,50)(H,46,49)/t27-,31?,32-,40?,41?/m0/s1. The van der Waals surface area contributed by atoms with Gasteiger partial charge in [-0.3, -0.25) is 9.59 Å². The topological polar surface area (TPSA) is 159 Å². The van der Waals surface area contributed by atoms with Crippen molar-refractivity contribution in [2.75, 3.05) is 12.4 Å². The summed E-state index contributed by atoms with van der Waals surface area (Å²) in [5.41, 5.74) is 6.88. The van der Waals surface area contributed by atoms with E-state index in [2.05, 4.69) is 62.6 Å². The molecule has 0 aliphatic carbocycles. The third kappa shape index (κ3) is 4.38. The molecule has 268 valence electrons. The van der Waals surface area contributed by atoms with Crippen LogP contribution in [0.15, 0.2) is 75.8 Å². The van der Waals surface area contributed by atoms with Crippen LogP contribution in [-0.4, -0.2) is 52.1 Å². The van der Waals surface area contributed by atoms with Crippen LogP contribution in [0.25, 0.3) is 44.9 Å². The first-order chi connectivity index (χ1) is 25.7. The number of benzene rings is 3. The van der Waals surface area contributed by atoms with Gasteiger partial charge in [-0.25, -0.2) is 9.97 Å². The van der Waals surface area contributed by atoms with Crippen molar-refractivity contribution >= 4 is 28.4 Å². The summed E-state index contributed by atoms with van der Waals surface area (Å²) in [4.78, 5) is 41.3. The Morgan fingerprint density at radius 2 is 1.81 bits per heavy atom. The summed E-state index contributed by atoms with van der Waals surface area (Å²) in [5.74, 6) is 1.67. The van der Waals surface area contributed by atoms with E-state index in [1.807, 2.05) is 52.1 Å². The molecule has 5 N–H and O–H groups in total. The summed E-state index contributed by atoms with van der Waals surface area (Å²) in [6.07, 6.45) is 3.32. The Labute approximate surface area is 305 Å². The smallest absolute Gasteiger partial charge is 0.249 e. The van der Waals surface area contributed by atoms with E-state index < -0.39 is 29.8 Å². The number of anilines is 1. The second-order valence-corrected chi connectivity index (χ2v) is 15.2. The molecule has 6 aromatic rings. The summed E-state index contributed by atoms with van der Waals surface area (Å²) in [6.45, 7) is 7.95. The molecule has 3 aromatic heterocycles. The van der Waals surface area contributed by atoms with Crippen molar-refractivity contribution < 1.29 is 23.2 Å². The number of oxazole rings is 2. The van der Waals surface area contributed by atoms with E-state index in [1.165, 1.54) is 0 Å². The van der Waals surface area contributed by atoms with Crippen LogP contribution >= 0.6 is 0 Å². The van der Waals surface area contributed by atoms with Crippen molar-refractivity contribution in [2.45, 2.75) is 63.9 Å². The number of aromatic amines is 1. The van der Waals surface area contributed by atoms with Gasteiger partial charge in [-0.15, -0.1) is 0 Å². The Hall–Kier alpha value is -5.88. The average molecular weight is 710 g/mol. The van der Waals surface area contributed by atoms with E-state index in [4.69, 9.17) is 23.5 Å². The van der Waals surface area contributed by atoms with Gasteiger partial charge >= 0.3 is 0 Å². The van der Waals surface area contributed by atoms with Crippen molar-refractivity contribution in [3.05, 3.63) is 95.3 Å². The van der Waals surface area contributed by atoms with Gasteiger partial charge in [0, 0.05) is 51.5 Å². The van der Waals surface area contributed by atoms with E-state index in [0.717, 1.165) is 50.0 Å². The minimum Gasteiger partial charge on any atom is -0.469 e. The highest BCUT2D eigenvalue weighted by molar-refractivity contribution is 6.07. The molecule has 12 heteroatoms. The lowest BCUT2D eigenvalue weighted by molar-refractivity contribution is -0.131. The second-order valence-electron chi connectivity index (χ2n) is 15.2. The number of para-hydroxylation sites is 1. The number of amides is 2. The molecule has 4 aliphatic heterocycles. The average Bonchev–Trinajstić information content (AvgIpc) is 3.96. The van der Waals surface area contributed by atoms with Gasteiger partial charge in [0.05, 0.1) is 12.2 Å². The fourth-order valence-electron chi connectivity index (χ4n) is 8.89. The van der Waals surface area contributed by atoms with Crippen molar-refractivity contribution in [2.24, 2.45) is 11.8 Å². The monoisotopic (exact) mass is 709 g/mol. The molecule has 7 heterocycles.